The summed E-state index contributed by atoms with van der Waals surface area (Å²) in [5, 5.41) is 3.50. The molecule has 0 saturated carbocycles. The molecule has 0 spiro atoms. The fourth-order valence-corrected chi connectivity index (χ4v) is 2.67. The lowest BCUT2D eigenvalue weighted by molar-refractivity contribution is 0.425. The quantitative estimate of drug-likeness (QED) is 0.869. The maximum absolute atomic E-state index is 5.91. The number of hydrogen-bond donors (Lipinski definition) is 1. The van der Waals surface area contributed by atoms with E-state index >= 15 is 0 Å². The Morgan fingerprint density at radius 3 is 2.63 bits per heavy atom. The summed E-state index contributed by atoms with van der Waals surface area (Å²) in [5.41, 5.74) is 2.47. The smallest absolute Gasteiger partial charge is 0.125 e. The zero-order valence-corrected chi connectivity index (χ0v) is 13.3. The first-order valence-electron chi connectivity index (χ1n) is 6.73. The molecule has 2 aromatic rings. The molecular formula is C16H20BrNO. The average Bonchev–Trinajstić information content (AvgIpc) is 2.88. The summed E-state index contributed by atoms with van der Waals surface area (Å²) in [4.78, 5) is 0. The summed E-state index contributed by atoms with van der Waals surface area (Å²) < 4.78 is 7.02. The van der Waals surface area contributed by atoms with E-state index < -0.39 is 0 Å². The van der Waals surface area contributed by atoms with Crippen molar-refractivity contribution in [1.82, 2.24) is 5.32 Å². The zero-order valence-electron chi connectivity index (χ0n) is 11.7. The predicted octanol–water partition coefficient (Wildman–Crippen LogP) is 4.61. The molecule has 0 aliphatic carbocycles. The molecule has 1 aromatic heterocycles. The van der Waals surface area contributed by atoms with Crippen molar-refractivity contribution in [3.8, 4) is 0 Å². The highest BCUT2D eigenvalue weighted by molar-refractivity contribution is 9.10. The van der Waals surface area contributed by atoms with Crippen LogP contribution in [0.4, 0.5) is 0 Å². The first kappa shape index (κ1) is 14.4. The lowest BCUT2D eigenvalue weighted by Gasteiger charge is -2.18. The first-order chi connectivity index (χ1) is 9.15. The Bertz CT molecular complexity index is 547. The molecule has 102 valence electrons. The topological polar surface area (TPSA) is 25.2 Å². The van der Waals surface area contributed by atoms with E-state index in [0.717, 1.165) is 29.0 Å². The molecule has 0 bridgehead atoms. The monoisotopic (exact) mass is 321 g/mol. The van der Waals surface area contributed by atoms with Crippen LogP contribution in [0.1, 0.15) is 42.5 Å². The van der Waals surface area contributed by atoms with Crippen molar-refractivity contribution in [3.05, 3.63) is 57.5 Å². The van der Waals surface area contributed by atoms with Gasteiger partial charge < -0.3 is 9.73 Å². The van der Waals surface area contributed by atoms with Crippen molar-refractivity contribution >= 4 is 15.9 Å². The van der Waals surface area contributed by atoms with Crippen LogP contribution >= 0.6 is 15.9 Å². The summed E-state index contributed by atoms with van der Waals surface area (Å²) >= 11 is 3.64. The number of halogens is 1. The van der Waals surface area contributed by atoms with Gasteiger partial charge in [0.05, 0.1) is 6.04 Å². The largest absolute Gasteiger partial charge is 0.464 e. The van der Waals surface area contributed by atoms with E-state index in [0.29, 0.717) is 0 Å². The summed E-state index contributed by atoms with van der Waals surface area (Å²) in [6.45, 7) is 7.22. The van der Waals surface area contributed by atoms with Crippen LogP contribution in [0.3, 0.4) is 0 Å². The van der Waals surface area contributed by atoms with Crippen molar-refractivity contribution in [1.29, 1.82) is 0 Å². The Labute approximate surface area is 123 Å². The van der Waals surface area contributed by atoms with Crippen LogP contribution in [0, 0.1) is 6.92 Å². The van der Waals surface area contributed by atoms with Gasteiger partial charge in [-0.3, -0.25) is 0 Å². The molecule has 0 aliphatic rings. The molecule has 0 fully saturated rings. The number of furan rings is 1. The van der Waals surface area contributed by atoms with Gasteiger partial charge >= 0.3 is 0 Å². The minimum absolute atomic E-state index is 0.0968. The van der Waals surface area contributed by atoms with Crippen LogP contribution in [0.5, 0.6) is 0 Å². The normalized spacial score (nSPS) is 12.6. The summed E-state index contributed by atoms with van der Waals surface area (Å²) in [6, 6.07) is 10.6. The first-order valence-corrected chi connectivity index (χ1v) is 7.53. The predicted molar refractivity (Wildman–Crippen MR) is 82.5 cm³/mol. The van der Waals surface area contributed by atoms with E-state index in [2.05, 4.69) is 72.3 Å². The zero-order chi connectivity index (χ0) is 13.8. The highest BCUT2D eigenvalue weighted by Crippen LogP contribution is 2.30. The van der Waals surface area contributed by atoms with Crippen molar-refractivity contribution in [2.45, 2.75) is 33.2 Å². The molecular weight excluding hydrogens is 302 g/mol. The number of aryl methyl sites for hydroxylation is 2. The second-order valence-electron chi connectivity index (χ2n) is 4.67. The lowest BCUT2D eigenvalue weighted by atomic mass is 10.0. The second-order valence-corrected chi connectivity index (χ2v) is 5.53. The number of rotatable bonds is 5. The highest BCUT2D eigenvalue weighted by Gasteiger charge is 2.19. The Morgan fingerprint density at radius 2 is 2.00 bits per heavy atom. The van der Waals surface area contributed by atoms with Gasteiger partial charge in [0.15, 0.2) is 0 Å². The number of benzene rings is 1. The van der Waals surface area contributed by atoms with Gasteiger partial charge in [-0.2, -0.15) is 0 Å². The molecule has 0 radical (unpaired) electrons. The molecule has 1 aromatic carbocycles. The molecule has 3 heteroatoms. The molecule has 0 saturated heterocycles. The third-order valence-corrected chi connectivity index (χ3v) is 3.91. The molecule has 0 amide bonds. The maximum atomic E-state index is 5.91. The van der Waals surface area contributed by atoms with Gasteiger partial charge in [0, 0.05) is 10.9 Å². The fraction of sp³-hybridized carbons (Fsp3) is 0.375. The molecule has 2 nitrogen and oxygen atoms in total. The third-order valence-electron chi connectivity index (χ3n) is 3.19. The minimum atomic E-state index is 0.0968. The molecule has 19 heavy (non-hydrogen) atoms. The highest BCUT2D eigenvalue weighted by atomic mass is 79.9. The van der Waals surface area contributed by atoms with Gasteiger partial charge in [0.2, 0.25) is 0 Å². The van der Waals surface area contributed by atoms with Gasteiger partial charge in [-0.1, -0.05) is 47.5 Å². The Morgan fingerprint density at radius 1 is 1.21 bits per heavy atom. The van der Waals surface area contributed by atoms with Crippen LogP contribution in [0.25, 0.3) is 0 Å². The van der Waals surface area contributed by atoms with E-state index in [9.17, 15) is 0 Å². The number of nitrogens with one attached hydrogen (secondary N) is 1. The minimum Gasteiger partial charge on any atom is -0.464 e. The maximum Gasteiger partial charge on any atom is 0.125 e. The fourth-order valence-electron chi connectivity index (χ4n) is 2.19. The van der Waals surface area contributed by atoms with E-state index in [-0.39, 0.29) is 6.04 Å². The van der Waals surface area contributed by atoms with Crippen LogP contribution in [0.15, 0.2) is 39.2 Å². The average molecular weight is 322 g/mol. The van der Waals surface area contributed by atoms with E-state index in [4.69, 9.17) is 4.42 Å². The standard InChI is InChI=1S/C16H20BrNO/c1-4-12-7-9-15(19-12)16(18-5-2)13-10-11(3)6-8-14(13)17/h6-10,16,18H,4-5H2,1-3H3. The SMILES string of the molecule is CCNC(c1ccc(CC)o1)c1cc(C)ccc1Br. The van der Waals surface area contributed by atoms with E-state index in [1.807, 2.05) is 0 Å². The van der Waals surface area contributed by atoms with E-state index in [1.54, 1.807) is 0 Å². The van der Waals surface area contributed by atoms with Crippen LogP contribution < -0.4 is 5.32 Å². The Balaban J connectivity index is 2.41. The Hall–Kier alpha value is -1.06. The van der Waals surface area contributed by atoms with Crippen molar-refractivity contribution in [2.24, 2.45) is 0 Å². The third kappa shape index (κ3) is 3.28. The summed E-state index contributed by atoms with van der Waals surface area (Å²) in [5.74, 6) is 2.01. The second kappa shape index (κ2) is 6.40. The Kier molecular flexibility index (Phi) is 4.83. The van der Waals surface area contributed by atoms with Gasteiger partial charge in [-0.05, 0) is 37.2 Å². The van der Waals surface area contributed by atoms with Crippen molar-refractivity contribution < 1.29 is 4.42 Å². The molecule has 1 N–H and O–H groups in total. The van der Waals surface area contributed by atoms with Gasteiger partial charge in [-0.25, -0.2) is 0 Å². The van der Waals surface area contributed by atoms with Gasteiger partial charge in [0.25, 0.3) is 0 Å². The lowest BCUT2D eigenvalue weighted by Crippen LogP contribution is -2.22. The van der Waals surface area contributed by atoms with Gasteiger partial charge in [0.1, 0.15) is 11.5 Å². The van der Waals surface area contributed by atoms with Crippen LogP contribution in [-0.2, 0) is 6.42 Å². The summed E-state index contributed by atoms with van der Waals surface area (Å²) in [6.07, 6.45) is 0.924. The number of hydrogen-bond acceptors (Lipinski definition) is 2. The molecule has 1 unspecified atom stereocenters. The molecule has 1 heterocycles. The van der Waals surface area contributed by atoms with Gasteiger partial charge in [-0.15, -0.1) is 0 Å². The van der Waals surface area contributed by atoms with Crippen LogP contribution in [0.2, 0.25) is 0 Å². The van der Waals surface area contributed by atoms with E-state index in [1.165, 1.54) is 11.1 Å². The molecule has 0 aliphatic heterocycles. The van der Waals surface area contributed by atoms with Crippen molar-refractivity contribution in [2.75, 3.05) is 6.54 Å². The van der Waals surface area contributed by atoms with Crippen molar-refractivity contribution in [3.63, 3.8) is 0 Å². The van der Waals surface area contributed by atoms with Crippen LogP contribution in [-0.4, -0.2) is 6.54 Å². The summed E-state index contributed by atoms with van der Waals surface area (Å²) in [7, 11) is 0. The molecule has 2 rings (SSSR count). The molecule has 1 atom stereocenters.